The first kappa shape index (κ1) is 14.1. The van der Waals surface area contributed by atoms with E-state index in [0.29, 0.717) is 10.3 Å². The van der Waals surface area contributed by atoms with E-state index in [0.717, 1.165) is 12.1 Å². The molecule has 0 spiro atoms. The van der Waals surface area contributed by atoms with Crippen molar-refractivity contribution in [3.05, 3.63) is 44.9 Å². The first-order chi connectivity index (χ1) is 9.52. The van der Waals surface area contributed by atoms with Crippen LogP contribution < -0.4 is 10.1 Å². The van der Waals surface area contributed by atoms with E-state index < -0.39 is 16.4 Å². The molecule has 2 aromatic rings. The maximum Gasteiger partial charge on any atom is 0.314 e. The van der Waals surface area contributed by atoms with Crippen LogP contribution in [0.15, 0.2) is 29.0 Å². The van der Waals surface area contributed by atoms with E-state index >= 15 is 0 Å². The third-order valence-corrected chi connectivity index (χ3v) is 3.03. The highest BCUT2D eigenvalue weighted by atomic mass is 79.9. The van der Waals surface area contributed by atoms with E-state index in [9.17, 15) is 14.5 Å². The average molecular weight is 343 g/mol. The molecule has 9 heteroatoms. The Labute approximate surface area is 121 Å². The molecular formula is C11H8BrFN4O3. The first-order valence-corrected chi connectivity index (χ1v) is 6.12. The average Bonchev–Trinajstić information content (AvgIpc) is 2.42. The Kier molecular flexibility index (Phi) is 4.08. The van der Waals surface area contributed by atoms with Crippen LogP contribution in [0.2, 0.25) is 0 Å². The van der Waals surface area contributed by atoms with Crippen LogP contribution in [0.4, 0.5) is 15.9 Å². The molecule has 0 saturated heterocycles. The maximum atomic E-state index is 13.0. The Morgan fingerprint density at radius 1 is 1.45 bits per heavy atom. The van der Waals surface area contributed by atoms with E-state index in [-0.39, 0.29) is 11.6 Å². The molecule has 0 fully saturated rings. The van der Waals surface area contributed by atoms with Crippen molar-refractivity contribution in [1.29, 1.82) is 0 Å². The summed E-state index contributed by atoms with van der Waals surface area (Å²) in [4.78, 5) is 17.9. The molecule has 7 nitrogen and oxygen atoms in total. The summed E-state index contributed by atoms with van der Waals surface area (Å²) in [5.41, 5.74) is -0.485. The number of hydrogen-bond acceptors (Lipinski definition) is 6. The van der Waals surface area contributed by atoms with Crippen LogP contribution in [-0.4, -0.2) is 21.9 Å². The fourth-order valence-corrected chi connectivity index (χ4v) is 1.91. The van der Waals surface area contributed by atoms with Gasteiger partial charge in [-0.3, -0.25) is 10.1 Å². The van der Waals surface area contributed by atoms with Gasteiger partial charge in [0, 0.05) is 7.05 Å². The van der Waals surface area contributed by atoms with Crippen LogP contribution in [0.5, 0.6) is 11.6 Å². The maximum absolute atomic E-state index is 13.0. The summed E-state index contributed by atoms with van der Waals surface area (Å²) in [7, 11) is 1.65. The second-order valence-corrected chi connectivity index (χ2v) is 4.36. The van der Waals surface area contributed by atoms with Gasteiger partial charge in [0.05, 0.1) is 11.0 Å². The Balaban J connectivity index is 2.42. The predicted molar refractivity (Wildman–Crippen MR) is 72.4 cm³/mol. The number of hydrogen-bond donors (Lipinski definition) is 1. The van der Waals surface area contributed by atoms with Crippen molar-refractivity contribution in [3.63, 3.8) is 0 Å². The molecule has 0 aliphatic rings. The van der Waals surface area contributed by atoms with Crippen molar-refractivity contribution >= 4 is 27.4 Å². The quantitative estimate of drug-likeness (QED) is 0.678. The molecule has 0 bridgehead atoms. The fraction of sp³-hybridized carbons (Fsp3) is 0.0909. The van der Waals surface area contributed by atoms with Crippen LogP contribution >= 0.6 is 15.9 Å². The molecule has 0 aliphatic carbocycles. The summed E-state index contributed by atoms with van der Waals surface area (Å²) in [6, 6.07) is 3.01. The summed E-state index contributed by atoms with van der Waals surface area (Å²) >= 11 is 3.22. The summed E-state index contributed by atoms with van der Waals surface area (Å²) in [5, 5.41) is 13.7. The number of rotatable bonds is 4. The second kappa shape index (κ2) is 5.78. The van der Waals surface area contributed by atoms with Crippen molar-refractivity contribution in [1.82, 2.24) is 9.97 Å². The number of nitro groups is 1. The van der Waals surface area contributed by atoms with Gasteiger partial charge in [-0.15, -0.1) is 0 Å². The molecular weight excluding hydrogens is 335 g/mol. The number of halogens is 2. The molecule has 2 rings (SSSR count). The Morgan fingerprint density at radius 3 is 2.85 bits per heavy atom. The molecule has 0 saturated carbocycles. The summed E-state index contributed by atoms with van der Waals surface area (Å²) in [6.07, 6.45) is 1.24. The Hall–Kier alpha value is -2.29. The number of nitro benzene ring substituents is 1. The molecule has 0 atom stereocenters. The number of nitrogens with one attached hydrogen (secondary N) is 1. The lowest BCUT2D eigenvalue weighted by Gasteiger charge is -2.09. The van der Waals surface area contributed by atoms with E-state index in [1.54, 1.807) is 7.05 Å². The standard InChI is InChI=1S/C11H8BrFN4O3/c1-14-10-9(12)11(16-5-15-10)20-8-3-2-6(13)4-7(8)17(18)19/h2-5H,1H3,(H,14,15,16). The molecule has 0 amide bonds. The lowest BCUT2D eigenvalue weighted by atomic mass is 10.3. The monoisotopic (exact) mass is 342 g/mol. The third-order valence-electron chi connectivity index (χ3n) is 2.32. The highest BCUT2D eigenvalue weighted by Gasteiger charge is 2.19. The Bertz CT molecular complexity index is 668. The molecule has 1 N–H and O–H groups in total. The Morgan fingerprint density at radius 2 is 2.20 bits per heavy atom. The number of benzene rings is 1. The largest absolute Gasteiger partial charge is 0.430 e. The molecule has 0 radical (unpaired) electrons. The van der Waals surface area contributed by atoms with Gasteiger partial charge in [0.25, 0.3) is 0 Å². The van der Waals surface area contributed by atoms with Crippen molar-refractivity contribution in [2.24, 2.45) is 0 Å². The lowest BCUT2D eigenvalue weighted by molar-refractivity contribution is -0.385. The van der Waals surface area contributed by atoms with Crippen LogP contribution in [0, 0.1) is 15.9 Å². The van der Waals surface area contributed by atoms with Gasteiger partial charge in [0.2, 0.25) is 11.6 Å². The predicted octanol–water partition coefficient (Wildman–Crippen LogP) is 3.12. The van der Waals surface area contributed by atoms with Gasteiger partial charge in [-0.05, 0) is 28.1 Å². The number of nitrogens with zero attached hydrogens (tertiary/aromatic N) is 3. The lowest BCUT2D eigenvalue weighted by Crippen LogP contribution is -1.99. The van der Waals surface area contributed by atoms with Crippen molar-refractivity contribution < 1.29 is 14.1 Å². The van der Waals surface area contributed by atoms with Crippen molar-refractivity contribution in [2.45, 2.75) is 0 Å². The van der Waals surface area contributed by atoms with Gasteiger partial charge in [0.15, 0.2) is 0 Å². The molecule has 104 valence electrons. The van der Waals surface area contributed by atoms with E-state index in [1.165, 1.54) is 12.4 Å². The van der Waals surface area contributed by atoms with Crippen LogP contribution in [0.3, 0.4) is 0 Å². The van der Waals surface area contributed by atoms with Crippen LogP contribution in [0.1, 0.15) is 0 Å². The minimum Gasteiger partial charge on any atom is -0.430 e. The van der Waals surface area contributed by atoms with Gasteiger partial charge in [0.1, 0.15) is 22.4 Å². The molecule has 0 unspecified atom stereocenters. The van der Waals surface area contributed by atoms with Gasteiger partial charge < -0.3 is 10.1 Å². The van der Waals surface area contributed by atoms with Gasteiger partial charge in [-0.2, -0.15) is 0 Å². The zero-order chi connectivity index (χ0) is 14.7. The molecule has 0 aliphatic heterocycles. The number of ether oxygens (including phenoxy) is 1. The summed E-state index contributed by atoms with van der Waals surface area (Å²) in [5.74, 6) is -0.293. The SMILES string of the molecule is CNc1ncnc(Oc2ccc(F)cc2[N+](=O)[O-])c1Br. The minimum absolute atomic E-state index is 0.0825. The topological polar surface area (TPSA) is 90.2 Å². The van der Waals surface area contributed by atoms with Crippen LogP contribution in [-0.2, 0) is 0 Å². The normalized spacial score (nSPS) is 10.2. The second-order valence-electron chi connectivity index (χ2n) is 3.56. The first-order valence-electron chi connectivity index (χ1n) is 5.33. The smallest absolute Gasteiger partial charge is 0.314 e. The third kappa shape index (κ3) is 2.82. The fourth-order valence-electron chi connectivity index (χ4n) is 1.42. The number of anilines is 1. The summed E-state index contributed by atoms with van der Waals surface area (Å²) in [6.45, 7) is 0. The van der Waals surface area contributed by atoms with Gasteiger partial charge in [-0.1, -0.05) is 0 Å². The molecule has 1 aromatic carbocycles. The van der Waals surface area contributed by atoms with Gasteiger partial charge >= 0.3 is 5.69 Å². The molecule has 20 heavy (non-hydrogen) atoms. The minimum atomic E-state index is -0.730. The highest BCUT2D eigenvalue weighted by molar-refractivity contribution is 9.10. The van der Waals surface area contributed by atoms with Crippen molar-refractivity contribution in [3.8, 4) is 11.6 Å². The molecule has 1 heterocycles. The van der Waals surface area contributed by atoms with E-state index in [4.69, 9.17) is 4.74 Å². The zero-order valence-corrected chi connectivity index (χ0v) is 11.7. The summed E-state index contributed by atoms with van der Waals surface area (Å²) < 4.78 is 18.8. The van der Waals surface area contributed by atoms with Gasteiger partial charge in [-0.25, -0.2) is 14.4 Å². The van der Waals surface area contributed by atoms with E-state index in [1.807, 2.05) is 0 Å². The van der Waals surface area contributed by atoms with Crippen molar-refractivity contribution in [2.75, 3.05) is 12.4 Å². The molecule has 1 aromatic heterocycles. The van der Waals surface area contributed by atoms with Crippen LogP contribution in [0.25, 0.3) is 0 Å². The highest BCUT2D eigenvalue weighted by Crippen LogP contribution is 2.35. The van der Waals surface area contributed by atoms with E-state index in [2.05, 4.69) is 31.2 Å². The number of aromatic nitrogens is 2. The zero-order valence-electron chi connectivity index (χ0n) is 10.1.